The maximum Gasteiger partial charge on any atom is 0.233 e. The largest absolute Gasteiger partial charge is 0.355 e. The van der Waals surface area contributed by atoms with E-state index in [4.69, 9.17) is 0 Å². The Hall–Kier alpha value is -1.11. The zero-order valence-electron chi connectivity index (χ0n) is 11.5. The van der Waals surface area contributed by atoms with Crippen LogP contribution < -0.4 is 5.32 Å². The summed E-state index contributed by atoms with van der Waals surface area (Å²) in [5.41, 5.74) is 0. The van der Waals surface area contributed by atoms with Crippen LogP contribution in [0.1, 0.15) is 52.0 Å². The number of carbonyl (C=O) groups excluding carboxylic acids is 1. The molecule has 1 aliphatic carbocycles. The minimum Gasteiger partial charge on any atom is -0.355 e. The maximum atomic E-state index is 11.7. The molecule has 1 aliphatic rings. The van der Waals surface area contributed by atoms with Crippen LogP contribution in [0, 0.1) is 0 Å². The Morgan fingerprint density at radius 3 is 2.89 bits per heavy atom. The van der Waals surface area contributed by atoms with Gasteiger partial charge >= 0.3 is 0 Å². The fourth-order valence-electron chi connectivity index (χ4n) is 2.35. The van der Waals surface area contributed by atoms with Gasteiger partial charge in [0.2, 0.25) is 11.1 Å². The van der Waals surface area contributed by atoms with E-state index in [2.05, 4.69) is 20.8 Å². The number of rotatable bonds is 5. The number of hydrogen-bond donors (Lipinski definition) is 1. The van der Waals surface area contributed by atoms with E-state index >= 15 is 0 Å². The molecule has 1 aromatic heterocycles. The number of nitrogens with zero attached hydrogens (tertiary/aromatic N) is 4. The first-order chi connectivity index (χ1) is 9.22. The SMILES string of the molecule is CCNC(=O)[C@H](C)Sc1nnnn1C1CCCCC1. The molecule has 0 saturated heterocycles. The third-order valence-corrected chi connectivity index (χ3v) is 4.43. The summed E-state index contributed by atoms with van der Waals surface area (Å²) in [6.45, 7) is 4.45. The van der Waals surface area contributed by atoms with Gasteiger partial charge in [-0.2, -0.15) is 0 Å². The molecule has 0 radical (unpaired) electrons. The van der Waals surface area contributed by atoms with E-state index in [1.54, 1.807) is 0 Å². The van der Waals surface area contributed by atoms with Crippen LogP contribution in [-0.2, 0) is 4.79 Å². The summed E-state index contributed by atoms with van der Waals surface area (Å²) >= 11 is 1.43. The van der Waals surface area contributed by atoms with Crippen molar-refractivity contribution in [3.05, 3.63) is 0 Å². The van der Waals surface area contributed by atoms with Gasteiger partial charge in [-0.25, -0.2) is 4.68 Å². The van der Waals surface area contributed by atoms with E-state index in [-0.39, 0.29) is 11.2 Å². The highest BCUT2D eigenvalue weighted by atomic mass is 32.2. The lowest BCUT2D eigenvalue weighted by atomic mass is 9.96. The molecular weight excluding hydrogens is 262 g/mol. The molecule has 2 rings (SSSR count). The molecule has 0 unspecified atom stereocenters. The predicted octanol–water partition coefficient (Wildman–Crippen LogP) is 1.79. The van der Waals surface area contributed by atoms with Gasteiger partial charge in [0.15, 0.2) is 0 Å². The van der Waals surface area contributed by atoms with Crippen molar-refractivity contribution in [1.29, 1.82) is 0 Å². The second kappa shape index (κ2) is 6.88. The first kappa shape index (κ1) is 14.3. The van der Waals surface area contributed by atoms with Crippen molar-refractivity contribution in [1.82, 2.24) is 25.5 Å². The molecule has 1 N–H and O–H groups in total. The van der Waals surface area contributed by atoms with Gasteiger partial charge in [-0.15, -0.1) is 5.10 Å². The highest BCUT2D eigenvalue weighted by molar-refractivity contribution is 8.00. The summed E-state index contributed by atoms with van der Waals surface area (Å²) in [4.78, 5) is 11.7. The van der Waals surface area contributed by atoms with Gasteiger partial charge in [0, 0.05) is 6.54 Å². The Labute approximate surface area is 117 Å². The highest BCUT2D eigenvalue weighted by Crippen LogP contribution is 2.31. The Balaban J connectivity index is 2.00. The van der Waals surface area contributed by atoms with Crippen LogP contribution in [0.15, 0.2) is 5.16 Å². The zero-order valence-corrected chi connectivity index (χ0v) is 12.3. The summed E-state index contributed by atoms with van der Waals surface area (Å²) in [6.07, 6.45) is 6.04. The molecule has 1 heterocycles. The van der Waals surface area contributed by atoms with Crippen LogP contribution in [0.2, 0.25) is 0 Å². The molecule has 1 atom stereocenters. The minimum atomic E-state index is -0.173. The zero-order chi connectivity index (χ0) is 13.7. The second-order valence-corrected chi connectivity index (χ2v) is 6.16. The molecule has 1 aromatic rings. The van der Waals surface area contributed by atoms with Crippen LogP contribution in [-0.4, -0.2) is 37.9 Å². The molecule has 1 fully saturated rings. The molecule has 0 bridgehead atoms. The van der Waals surface area contributed by atoms with E-state index in [1.165, 1.54) is 31.0 Å². The molecular formula is C12H21N5OS. The molecule has 0 aromatic carbocycles. The average molecular weight is 283 g/mol. The normalized spacial score (nSPS) is 18.2. The van der Waals surface area contributed by atoms with E-state index in [0.29, 0.717) is 12.6 Å². The fraction of sp³-hybridized carbons (Fsp3) is 0.833. The number of nitrogens with one attached hydrogen (secondary N) is 1. The highest BCUT2D eigenvalue weighted by Gasteiger charge is 2.23. The standard InChI is InChI=1S/C12H21N5OS/c1-3-13-11(18)9(2)19-12-14-15-16-17(12)10-7-5-4-6-8-10/h9-10H,3-8H2,1-2H3,(H,13,18)/t9-/m0/s1. The molecule has 1 amide bonds. The lowest BCUT2D eigenvalue weighted by Gasteiger charge is -2.22. The fourth-order valence-corrected chi connectivity index (χ4v) is 3.23. The average Bonchev–Trinajstić information content (AvgIpc) is 2.88. The number of aromatic nitrogens is 4. The summed E-state index contributed by atoms with van der Waals surface area (Å²) in [5.74, 6) is 0.0331. The molecule has 106 valence electrons. The van der Waals surface area contributed by atoms with E-state index in [1.807, 2.05) is 18.5 Å². The van der Waals surface area contributed by atoms with E-state index < -0.39 is 0 Å². The first-order valence-electron chi connectivity index (χ1n) is 6.94. The van der Waals surface area contributed by atoms with Crippen molar-refractivity contribution in [2.45, 2.75) is 62.4 Å². The van der Waals surface area contributed by atoms with Crippen molar-refractivity contribution < 1.29 is 4.79 Å². The lowest BCUT2D eigenvalue weighted by molar-refractivity contribution is -0.120. The summed E-state index contributed by atoms with van der Waals surface area (Å²) in [6, 6.07) is 0.396. The Morgan fingerprint density at radius 2 is 2.21 bits per heavy atom. The number of carbonyl (C=O) groups is 1. The third kappa shape index (κ3) is 3.68. The minimum absolute atomic E-state index is 0.0331. The number of hydrogen-bond acceptors (Lipinski definition) is 5. The van der Waals surface area contributed by atoms with E-state index in [0.717, 1.165) is 18.0 Å². The molecule has 0 spiro atoms. The Kier molecular flexibility index (Phi) is 5.18. The summed E-state index contributed by atoms with van der Waals surface area (Å²) in [5, 5.41) is 15.3. The van der Waals surface area contributed by atoms with Gasteiger partial charge in [-0.1, -0.05) is 31.0 Å². The van der Waals surface area contributed by atoms with Gasteiger partial charge in [0.1, 0.15) is 0 Å². The smallest absolute Gasteiger partial charge is 0.233 e. The quantitative estimate of drug-likeness (QED) is 0.834. The van der Waals surface area contributed by atoms with Gasteiger partial charge in [0.05, 0.1) is 11.3 Å². The van der Waals surface area contributed by atoms with Crippen molar-refractivity contribution in [3.8, 4) is 0 Å². The van der Waals surface area contributed by atoms with Crippen LogP contribution in [0.3, 0.4) is 0 Å². The molecule has 1 saturated carbocycles. The first-order valence-corrected chi connectivity index (χ1v) is 7.82. The van der Waals surface area contributed by atoms with Crippen LogP contribution in [0.4, 0.5) is 0 Å². The second-order valence-electron chi connectivity index (χ2n) is 4.85. The lowest BCUT2D eigenvalue weighted by Crippen LogP contribution is -2.30. The summed E-state index contributed by atoms with van der Waals surface area (Å²) in [7, 11) is 0. The number of tetrazole rings is 1. The van der Waals surface area contributed by atoms with Gasteiger partial charge in [-0.3, -0.25) is 4.79 Å². The van der Waals surface area contributed by atoms with Gasteiger partial charge < -0.3 is 5.32 Å². The van der Waals surface area contributed by atoms with Gasteiger partial charge in [0.25, 0.3) is 0 Å². The van der Waals surface area contributed by atoms with Crippen molar-refractivity contribution in [2.24, 2.45) is 0 Å². The topological polar surface area (TPSA) is 72.7 Å². The van der Waals surface area contributed by atoms with E-state index in [9.17, 15) is 4.79 Å². The van der Waals surface area contributed by atoms with Crippen molar-refractivity contribution >= 4 is 17.7 Å². The predicted molar refractivity (Wildman–Crippen MR) is 73.9 cm³/mol. The third-order valence-electron chi connectivity index (χ3n) is 3.39. The van der Waals surface area contributed by atoms with Crippen molar-refractivity contribution in [2.75, 3.05) is 6.54 Å². The maximum absolute atomic E-state index is 11.7. The Morgan fingerprint density at radius 1 is 1.47 bits per heavy atom. The molecule has 19 heavy (non-hydrogen) atoms. The van der Waals surface area contributed by atoms with Gasteiger partial charge in [-0.05, 0) is 37.1 Å². The number of thioether (sulfide) groups is 1. The summed E-state index contributed by atoms with van der Waals surface area (Å²) < 4.78 is 1.90. The van der Waals surface area contributed by atoms with Crippen LogP contribution >= 0.6 is 11.8 Å². The monoisotopic (exact) mass is 283 g/mol. The molecule has 6 nitrogen and oxygen atoms in total. The Bertz CT molecular complexity index is 416. The van der Waals surface area contributed by atoms with Crippen molar-refractivity contribution in [3.63, 3.8) is 0 Å². The number of amides is 1. The molecule has 7 heteroatoms. The van der Waals surface area contributed by atoms with Crippen LogP contribution in [0.5, 0.6) is 0 Å². The van der Waals surface area contributed by atoms with Crippen LogP contribution in [0.25, 0.3) is 0 Å². The molecule has 0 aliphatic heterocycles.